The number of rotatable bonds is 4. The summed E-state index contributed by atoms with van der Waals surface area (Å²) in [4.78, 5) is 4.29. The van der Waals surface area contributed by atoms with Crippen LogP contribution in [0.5, 0.6) is 0 Å². The maximum atomic E-state index is 13.2. The third-order valence-corrected chi connectivity index (χ3v) is 3.38. The molecule has 3 rings (SSSR count). The first-order valence-corrected chi connectivity index (χ1v) is 6.72. The number of hydrogen-bond acceptors (Lipinski definition) is 2. The van der Waals surface area contributed by atoms with E-state index in [2.05, 4.69) is 4.98 Å². The maximum absolute atomic E-state index is 13.2. The number of benzene rings is 2. The van der Waals surface area contributed by atoms with Gasteiger partial charge in [-0.3, -0.25) is 0 Å². The molecule has 1 unspecified atom stereocenters. The molecule has 1 aromatic heterocycles. The molecule has 21 heavy (non-hydrogen) atoms. The highest BCUT2D eigenvalue weighted by Crippen LogP contribution is 2.14. The molecule has 0 saturated heterocycles. The highest BCUT2D eigenvalue weighted by atomic mass is 19.1. The molecule has 2 aromatic carbocycles. The lowest BCUT2D eigenvalue weighted by Crippen LogP contribution is -2.28. The Morgan fingerprint density at radius 1 is 1.10 bits per heavy atom. The molecular weight excluding hydrogens is 272 g/mol. The second-order valence-corrected chi connectivity index (χ2v) is 5.13. The van der Waals surface area contributed by atoms with E-state index in [1.54, 1.807) is 6.33 Å². The molecule has 3 aromatic rings. The maximum Gasteiger partial charge on any atom is 0.126 e. The van der Waals surface area contributed by atoms with Crippen LogP contribution in [0, 0.1) is 11.6 Å². The van der Waals surface area contributed by atoms with Gasteiger partial charge in [0.15, 0.2) is 0 Å². The molecule has 0 fully saturated rings. The zero-order valence-corrected chi connectivity index (χ0v) is 11.3. The second kappa shape index (κ2) is 5.61. The molecule has 0 saturated carbocycles. The number of imidazole rings is 1. The van der Waals surface area contributed by atoms with Crippen LogP contribution < -0.4 is 5.73 Å². The monoisotopic (exact) mass is 287 g/mol. The number of aromatic nitrogens is 2. The quantitative estimate of drug-likeness (QED) is 0.802. The summed E-state index contributed by atoms with van der Waals surface area (Å²) in [6.07, 6.45) is 2.14. The van der Waals surface area contributed by atoms with Crippen molar-refractivity contribution >= 4 is 11.0 Å². The van der Waals surface area contributed by atoms with E-state index >= 15 is 0 Å². The predicted molar refractivity (Wildman–Crippen MR) is 77.8 cm³/mol. The van der Waals surface area contributed by atoms with Gasteiger partial charge in [-0.15, -0.1) is 0 Å². The molecule has 1 heterocycles. The van der Waals surface area contributed by atoms with Crippen molar-refractivity contribution in [2.75, 3.05) is 0 Å². The Labute approximate surface area is 121 Å². The van der Waals surface area contributed by atoms with Crippen LogP contribution in [0.25, 0.3) is 11.0 Å². The van der Waals surface area contributed by atoms with Gasteiger partial charge >= 0.3 is 0 Å². The zero-order valence-electron chi connectivity index (χ0n) is 11.3. The summed E-state index contributed by atoms with van der Waals surface area (Å²) in [5.41, 5.74) is 8.56. The van der Waals surface area contributed by atoms with Crippen molar-refractivity contribution < 1.29 is 8.78 Å². The molecule has 108 valence electrons. The Morgan fingerprint density at radius 3 is 2.57 bits per heavy atom. The molecule has 3 nitrogen and oxygen atoms in total. The molecule has 1 atom stereocenters. The summed E-state index contributed by atoms with van der Waals surface area (Å²) in [5, 5.41) is 0. The molecule has 0 aliphatic heterocycles. The molecule has 0 spiro atoms. The second-order valence-electron chi connectivity index (χ2n) is 5.13. The molecule has 0 aliphatic rings. The molecular formula is C16H15F2N3. The van der Waals surface area contributed by atoms with Crippen molar-refractivity contribution in [3.05, 3.63) is 66.0 Å². The van der Waals surface area contributed by atoms with Gasteiger partial charge in [0.1, 0.15) is 11.6 Å². The van der Waals surface area contributed by atoms with Crippen LogP contribution in [0.15, 0.2) is 48.8 Å². The first-order valence-electron chi connectivity index (χ1n) is 6.72. The van der Waals surface area contributed by atoms with Crippen molar-refractivity contribution in [2.45, 2.75) is 19.0 Å². The van der Waals surface area contributed by atoms with Crippen molar-refractivity contribution in [3.8, 4) is 0 Å². The summed E-state index contributed by atoms with van der Waals surface area (Å²) < 4.78 is 28.3. The fourth-order valence-corrected chi connectivity index (χ4v) is 2.50. The van der Waals surface area contributed by atoms with E-state index in [-0.39, 0.29) is 6.04 Å². The molecule has 0 radical (unpaired) electrons. The lowest BCUT2D eigenvalue weighted by Gasteiger charge is -2.13. The van der Waals surface area contributed by atoms with Gasteiger partial charge < -0.3 is 10.3 Å². The minimum absolute atomic E-state index is 0.246. The normalized spacial score (nSPS) is 12.7. The van der Waals surface area contributed by atoms with Gasteiger partial charge in [-0.05, 0) is 36.2 Å². The van der Waals surface area contributed by atoms with E-state index in [1.807, 2.05) is 28.8 Å². The van der Waals surface area contributed by atoms with Gasteiger partial charge in [-0.2, -0.15) is 0 Å². The molecule has 2 N–H and O–H groups in total. The van der Waals surface area contributed by atoms with E-state index in [0.29, 0.717) is 18.5 Å². The average Bonchev–Trinajstić information content (AvgIpc) is 2.81. The number of fused-ring (bicyclic) bond motifs is 1. The Hall–Kier alpha value is -2.27. The highest BCUT2D eigenvalue weighted by molar-refractivity contribution is 5.74. The first-order chi connectivity index (χ1) is 10.1. The topological polar surface area (TPSA) is 43.8 Å². The van der Waals surface area contributed by atoms with Crippen molar-refractivity contribution in [1.29, 1.82) is 0 Å². The van der Waals surface area contributed by atoms with Gasteiger partial charge in [0.05, 0.1) is 17.4 Å². The SMILES string of the molecule is NC(Cc1cc(F)cc(F)c1)Cn1cnc2ccccc21. The van der Waals surface area contributed by atoms with Crippen molar-refractivity contribution in [1.82, 2.24) is 9.55 Å². The highest BCUT2D eigenvalue weighted by Gasteiger charge is 2.10. The van der Waals surface area contributed by atoms with Gasteiger partial charge in [0, 0.05) is 18.7 Å². The number of para-hydroxylation sites is 2. The van der Waals surface area contributed by atoms with Gasteiger partial charge in [0.2, 0.25) is 0 Å². The summed E-state index contributed by atoms with van der Waals surface area (Å²) in [5.74, 6) is -1.16. The Kier molecular flexibility index (Phi) is 3.66. The van der Waals surface area contributed by atoms with Crippen LogP contribution in [-0.2, 0) is 13.0 Å². The summed E-state index contributed by atoms with van der Waals surface area (Å²) in [6, 6.07) is 11.0. The lowest BCUT2D eigenvalue weighted by molar-refractivity contribution is 0.547. The minimum Gasteiger partial charge on any atom is -0.329 e. The van der Waals surface area contributed by atoms with Crippen LogP contribution in [0.1, 0.15) is 5.56 Å². The van der Waals surface area contributed by atoms with Crippen LogP contribution in [-0.4, -0.2) is 15.6 Å². The van der Waals surface area contributed by atoms with Crippen LogP contribution in [0.2, 0.25) is 0 Å². The Balaban J connectivity index is 1.75. The summed E-state index contributed by atoms with van der Waals surface area (Å²) in [7, 11) is 0. The molecule has 0 amide bonds. The van der Waals surface area contributed by atoms with E-state index in [9.17, 15) is 8.78 Å². The van der Waals surface area contributed by atoms with Crippen molar-refractivity contribution in [2.24, 2.45) is 5.73 Å². The fraction of sp³-hybridized carbons (Fsp3) is 0.188. The fourth-order valence-electron chi connectivity index (χ4n) is 2.50. The number of nitrogens with two attached hydrogens (primary N) is 1. The van der Waals surface area contributed by atoms with E-state index < -0.39 is 11.6 Å². The zero-order chi connectivity index (χ0) is 14.8. The molecule has 0 bridgehead atoms. The van der Waals surface area contributed by atoms with Crippen LogP contribution in [0.4, 0.5) is 8.78 Å². The summed E-state index contributed by atoms with van der Waals surface area (Å²) in [6.45, 7) is 0.540. The van der Waals surface area contributed by atoms with Crippen LogP contribution >= 0.6 is 0 Å². The largest absolute Gasteiger partial charge is 0.329 e. The molecule has 5 heteroatoms. The third-order valence-electron chi connectivity index (χ3n) is 3.38. The Bertz CT molecular complexity index is 747. The van der Waals surface area contributed by atoms with E-state index in [0.717, 1.165) is 17.1 Å². The van der Waals surface area contributed by atoms with E-state index in [4.69, 9.17) is 5.73 Å². The number of halogens is 2. The first kappa shape index (κ1) is 13.7. The summed E-state index contributed by atoms with van der Waals surface area (Å²) >= 11 is 0. The third kappa shape index (κ3) is 3.08. The van der Waals surface area contributed by atoms with Crippen molar-refractivity contribution in [3.63, 3.8) is 0 Å². The van der Waals surface area contributed by atoms with Gasteiger partial charge in [-0.1, -0.05) is 12.1 Å². The lowest BCUT2D eigenvalue weighted by atomic mass is 10.1. The van der Waals surface area contributed by atoms with Crippen LogP contribution in [0.3, 0.4) is 0 Å². The predicted octanol–water partition coefficient (Wildman–Crippen LogP) is 2.88. The molecule has 0 aliphatic carbocycles. The standard InChI is InChI=1S/C16H15F2N3/c17-12-5-11(6-13(18)8-12)7-14(19)9-21-10-20-15-3-1-2-4-16(15)21/h1-6,8,10,14H,7,9,19H2. The average molecular weight is 287 g/mol. The van der Waals surface area contributed by atoms with Gasteiger partial charge in [0.25, 0.3) is 0 Å². The minimum atomic E-state index is -0.578. The van der Waals surface area contributed by atoms with E-state index in [1.165, 1.54) is 12.1 Å². The van der Waals surface area contributed by atoms with Gasteiger partial charge in [-0.25, -0.2) is 13.8 Å². The number of nitrogens with zero attached hydrogens (tertiary/aromatic N) is 2. The number of hydrogen-bond donors (Lipinski definition) is 1. The smallest absolute Gasteiger partial charge is 0.126 e. The Morgan fingerprint density at radius 2 is 1.81 bits per heavy atom.